The predicted octanol–water partition coefficient (Wildman–Crippen LogP) is 2.38. The van der Waals surface area contributed by atoms with Gasteiger partial charge in [-0.25, -0.2) is 10.1 Å². The first kappa shape index (κ1) is 10.8. The molecule has 4 nitrogen and oxygen atoms in total. The zero-order chi connectivity index (χ0) is 12.4. The fourth-order valence-electron chi connectivity index (χ4n) is 1.86. The number of nitrogens with zero attached hydrogens (tertiary/aromatic N) is 3. The van der Waals surface area contributed by atoms with Crippen molar-refractivity contribution in [3.8, 4) is 6.07 Å². The highest BCUT2D eigenvalue weighted by molar-refractivity contribution is 6.27. The Balaban J connectivity index is 2.87. The van der Waals surface area contributed by atoms with Crippen molar-refractivity contribution in [2.24, 2.45) is 0 Å². The maximum absolute atomic E-state index is 12.0. The Hall–Kier alpha value is -2.72. The Kier molecular flexibility index (Phi) is 2.56. The molecule has 1 aliphatic carbocycles. The topological polar surface area (TPSA) is 58.1 Å². The van der Waals surface area contributed by atoms with Crippen LogP contribution in [0.2, 0.25) is 0 Å². The number of aromatic nitrogens is 1. The van der Waals surface area contributed by atoms with Crippen molar-refractivity contribution >= 4 is 11.4 Å². The van der Waals surface area contributed by atoms with Crippen LogP contribution in [0.1, 0.15) is 22.8 Å². The Morgan fingerprint density at radius 3 is 2.94 bits per heavy atom. The minimum absolute atomic E-state index is 0.0711. The van der Waals surface area contributed by atoms with Crippen molar-refractivity contribution in [2.75, 3.05) is 0 Å². The maximum atomic E-state index is 12.0. The highest BCUT2D eigenvalue weighted by Gasteiger charge is 2.31. The lowest BCUT2D eigenvalue weighted by molar-refractivity contribution is 0.104. The Bertz CT molecular complexity index is 638. The van der Waals surface area contributed by atoms with Crippen molar-refractivity contribution < 1.29 is 4.79 Å². The largest absolute Gasteiger partial charge is 0.289 e. The molecule has 0 bridgehead atoms. The molecule has 0 saturated carbocycles. The van der Waals surface area contributed by atoms with Crippen LogP contribution in [-0.2, 0) is 0 Å². The Labute approximate surface area is 98.3 Å². The third-order valence-electron chi connectivity index (χ3n) is 2.59. The zero-order valence-corrected chi connectivity index (χ0v) is 9.06. The van der Waals surface area contributed by atoms with Gasteiger partial charge in [0.05, 0.1) is 12.6 Å². The van der Waals surface area contributed by atoms with Crippen LogP contribution >= 0.6 is 0 Å². The molecule has 0 amide bonds. The number of hydrogen-bond acceptors (Lipinski definition) is 3. The summed E-state index contributed by atoms with van der Waals surface area (Å²) in [6, 6.07) is 3.43. The molecule has 1 heterocycles. The van der Waals surface area contributed by atoms with Crippen molar-refractivity contribution in [3.63, 3.8) is 0 Å². The quantitative estimate of drug-likeness (QED) is 0.384. The van der Waals surface area contributed by atoms with E-state index in [2.05, 4.69) is 9.83 Å². The molecule has 0 N–H and O–H groups in total. The van der Waals surface area contributed by atoms with Gasteiger partial charge in [0.2, 0.25) is 0 Å². The number of fused-ring (bicyclic) bond motifs is 1. The van der Waals surface area contributed by atoms with Crippen LogP contribution in [0.5, 0.6) is 0 Å². The van der Waals surface area contributed by atoms with Gasteiger partial charge in [-0.3, -0.25) is 9.78 Å². The summed E-state index contributed by atoms with van der Waals surface area (Å²) >= 11 is 0. The smallest absolute Gasteiger partial charge is 0.270 e. The summed E-state index contributed by atoms with van der Waals surface area (Å²) in [5.74, 6) is -0.156. The highest BCUT2D eigenvalue weighted by Crippen LogP contribution is 2.38. The molecule has 0 spiro atoms. The molecular weight excluding hydrogens is 214 g/mol. The van der Waals surface area contributed by atoms with Crippen LogP contribution in [-0.4, -0.2) is 10.8 Å². The first-order chi connectivity index (χ1) is 8.24. The summed E-state index contributed by atoms with van der Waals surface area (Å²) < 4.78 is 0. The van der Waals surface area contributed by atoms with Crippen LogP contribution in [0.25, 0.3) is 10.4 Å². The standard InChI is InChI=1S/C13H7N3O/c1-3-8-12(11(6-14)15-2)10-7-16-5-4-9(10)13(8)17/h3-5,7H,1H3/b8-3-,12-11+. The highest BCUT2D eigenvalue weighted by atomic mass is 16.1. The van der Waals surface area contributed by atoms with Gasteiger partial charge in [-0.2, -0.15) is 0 Å². The lowest BCUT2D eigenvalue weighted by atomic mass is 10.0. The normalized spacial score (nSPS) is 18.5. The van der Waals surface area contributed by atoms with Gasteiger partial charge in [0, 0.05) is 34.7 Å². The van der Waals surface area contributed by atoms with E-state index in [0.717, 1.165) is 0 Å². The second-order valence-electron chi connectivity index (χ2n) is 3.40. The molecule has 1 aromatic heterocycles. The van der Waals surface area contributed by atoms with E-state index in [0.29, 0.717) is 22.3 Å². The molecule has 1 aromatic rings. The fourth-order valence-corrected chi connectivity index (χ4v) is 1.86. The third-order valence-corrected chi connectivity index (χ3v) is 2.59. The number of carbonyl (C=O) groups is 1. The second-order valence-corrected chi connectivity index (χ2v) is 3.40. The van der Waals surface area contributed by atoms with Gasteiger partial charge in [0.15, 0.2) is 5.78 Å². The number of carbonyl (C=O) groups excluding carboxylic acids is 1. The lowest BCUT2D eigenvalue weighted by Gasteiger charge is -1.99. The minimum atomic E-state index is -0.156. The molecule has 0 fully saturated rings. The van der Waals surface area contributed by atoms with Gasteiger partial charge < -0.3 is 0 Å². The number of pyridine rings is 1. The van der Waals surface area contributed by atoms with E-state index in [1.54, 1.807) is 19.1 Å². The van der Waals surface area contributed by atoms with E-state index < -0.39 is 0 Å². The molecular formula is C13H7N3O. The zero-order valence-electron chi connectivity index (χ0n) is 9.06. The van der Waals surface area contributed by atoms with Crippen LogP contribution < -0.4 is 0 Å². The summed E-state index contributed by atoms with van der Waals surface area (Å²) in [5.41, 5.74) is 1.80. The van der Waals surface area contributed by atoms with E-state index in [-0.39, 0.29) is 11.5 Å². The SMILES string of the molecule is [C-]#[N+]/C(C#N)=C1\C(=C\C)C(=O)c2ccncc21. The number of ketones is 1. The average molecular weight is 221 g/mol. The second kappa shape index (κ2) is 4.03. The molecule has 0 atom stereocenters. The summed E-state index contributed by atoms with van der Waals surface area (Å²) in [4.78, 5) is 19.1. The summed E-state index contributed by atoms with van der Waals surface area (Å²) in [5, 5.41) is 8.93. The van der Waals surface area contributed by atoms with Crippen LogP contribution in [0, 0.1) is 17.9 Å². The van der Waals surface area contributed by atoms with Gasteiger partial charge in [-0.15, -0.1) is 0 Å². The molecule has 0 radical (unpaired) electrons. The van der Waals surface area contributed by atoms with E-state index in [1.807, 2.05) is 6.07 Å². The Morgan fingerprint density at radius 2 is 2.35 bits per heavy atom. The van der Waals surface area contributed by atoms with Gasteiger partial charge in [0.25, 0.3) is 5.70 Å². The number of rotatable bonds is 0. The van der Waals surface area contributed by atoms with E-state index in [4.69, 9.17) is 11.8 Å². The molecule has 2 rings (SSSR count). The Morgan fingerprint density at radius 1 is 1.59 bits per heavy atom. The monoisotopic (exact) mass is 221 g/mol. The predicted molar refractivity (Wildman–Crippen MR) is 61.5 cm³/mol. The molecule has 0 aromatic carbocycles. The summed E-state index contributed by atoms with van der Waals surface area (Å²) in [6.45, 7) is 8.70. The molecule has 1 aliphatic rings. The number of allylic oxidation sites excluding steroid dienone is 4. The van der Waals surface area contributed by atoms with Crippen molar-refractivity contribution in [3.05, 3.63) is 58.4 Å². The van der Waals surface area contributed by atoms with Gasteiger partial charge in [-0.1, -0.05) is 6.08 Å². The van der Waals surface area contributed by atoms with Crippen molar-refractivity contribution in [1.29, 1.82) is 5.26 Å². The van der Waals surface area contributed by atoms with Crippen LogP contribution in [0.3, 0.4) is 0 Å². The summed E-state index contributed by atoms with van der Waals surface area (Å²) in [7, 11) is 0. The lowest BCUT2D eigenvalue weighted by Crippen LogP contribution is -1.94. The summed E-state index contributed by atoms with van der Waals surface area (Å²) in [6.07, 6.45) is 4.67. The van der Waals surface area contributed by atoms with E-state index in [1.165, 1.54) is 12.4 Å². The van der Waals surface area contributed by atoms with E-state index in [9.17, 15) is 4.79 Å². The van der Waals surface area contributed by atoms with Gasteiger partial charge in [0.1, 0.15) is 0 Å². The number of Topliss-reactive ketones (excluding diaryl/α,β-unsaturated/α-hetero) is 1. The minimum Gasteiger partial charge on any atom is -0.289 e. The fraction of sp³-hybridized carbons (Fsp3) is 0.0769. The molecule has 0 unspecified atom stereocenters. The first-order valence-corrected chi connectivity index (χ1v) is 4.92. The molecule has 17 heavy (non-hydrogen) atoms. The molecule has 0 saturated heterocycles. The average Bonchev–Trinajstić information content (AvgIpc) is 2.65. The molecule has 80 valence electrons. The molecule has 4 heteroatoms. The van der Waals surface area contributed by atoms with Crippen LogP contribution in [0.15, 0.2) is 35.8 Å². The third kappa shape index (κ3) is 1.44. The number of hydrogen-bond donors (Lipinski definition) is 0. The van der Waals surface area contributed by atoms with Gasteiger partial charge >= 0.3 is 0 Å². The van der Waals surface area contributed by atoms with Crippen molar-refractivity contribution in [2.45, 2.75) is 6.92 Å². The van der Waals surface area contributed by atoms with Crippen LogP contribution in [0.4, 0.5) is 0 Å². The first-order valence-electron chi connectivity index (χ1n) is 4.92. The maximum Gasteiger partial charge on any atom is 0.270 e. The van der Waals surface area contributed by atoms with Gasteiger partial charge in [-0.05, 0) is 13.0 Å². The van der Waals surface area contributed by atoms with Crippen molar-refractivity contribution in [1.82, 2.24) is 4.98 Å². The molecule has 0 aliphatic heterocycles. The number of nitriles is 1. The van der Waals surface area contributed by atoms with E-state index >= 15 is 0 Å².